The van der Waals surface area contributed by atoms with E-state index in [0.717, 1.165) is 12.5 Å². The Labute approximate surface area is 81.7 Å². The molecule has 0 amide bonds. The normalized spacial score (nSPS) is 9.07. The molecule has 0 aliphatic carbocycles. The van der Waals surface area contributed by atoms with Crippen LogP contribution in [-0.4, -0.2) is 6.61 Å². The summed E-state index contributed by atoms with van der Waals surface area (Å²) in [6, 6.07) is 3.86. The zero-order valence-electron chi connectivity index (χ0n) is 7.81. The molecule has 14 heavy (non-hydrogen) atoms. The summed E-state index contributed by atoms with van der Waals surface area (Å²) in [5, 5.41) is 0. The monoisotopic (exact) mass is 196 g/mol. The fraction of sp³-hybridized carbons (Fsp3) is 0.273. The third-order valence-electron chi connectivity index (χ3n) is 1.52. The summed E-state index contributed by atoms with van der Waals surface area (Å²) in [6.07, 6.45) is 3.15. The number of rotatable bonds is 2. The lowest BCUT2D eigenvalue weighted by Gasteiger charge is -1.94. The van der Waals surface area contributed by atoms with E-state index >= 15 is 0 Å². The molecule has 0 aliphatic rings. The molecule has 0 saturated carbocycles. The molecule has 0 aliphatic heterocycles. The molecule has 1 aromatic carbocycles. The molecule has 1 rings (SSSR count). The Hall–Kier alpha value is -1.56. The highest BCUT2D eigenvalue weighted by atomic mass is 19.2. The van der Waals surface area contributed by atoms with E-state index in [4.69, 9.17) is 4.74 Å². The first-order valence-corrected chi connectivity index (χ1v) is 4.32. The van der Waals surface area contributed by atoms with Crippen LogP contribution in [0.15, 0.2) is 18.2 Å². The Balaban J connectivity index is 2.74. The van der Waals surface area contributed by atoms with Gasteiger partial charge in [0.2, 0.25) is 0 Å². The number of hydrogen-bond donors (Lipinski definition) is 0. The highest BCUT2D eigenvalue weighted by Crippen LogP contribution is 2.09. The average Bonchev–Trinajstić information content (AvgIpc) is 2.19. The summed E-state index contributed by atoms with van der Waals surface area (Å²) in [5.74, 6) is 0.575. The molecule has 0 radical (unpaired) electrons. The van der Waals surface area contributed by atoms with E-state index in [9.17, 15) is 8.78 Å². The number of halogens is 2. The van der Waals surface area contributed by atoms with Crippen LogP contribution in [0.25, 0.3) is 0 Å². The van der Waals surface area contributed by atoms with E-state index in [0.29, 0.717) is 6.61 Å². The molecule has 1 aromatic rings. The molecule has 0 fully saturated rings. The molecule has 1 nitrogen and oxygen atoms in total. The Morgan fingerprint density at radius 3 is 2.86 bits per heavy atom. The molecule has 0 heterocycles. The van der Waals surface area contributed by atoms with Gasteiger partial charge in [0.25, 0.3) is 0 Å². The lowest BCUT2D eigenvalue weighted by atomic mass is 10.2. The van der Waals surface area contributed by atoms with Crippen molar-refractivity contribution >= 4 is 0 Å². The van der Waals surface area contributed by atoms with Crippen LogP contribution >= 0.6 is 0 Å². The van der Waals surface area contributed by atoms with Crippen molar-refractivity contribution in [2.75, 3.05) is 6.61 Å². The second-order valence-corrected chi connectivity index (χ2v) is 2.68. The SMILES string of the molecule is CCCOC#Cc1cccc(F)c1F. The fourth-order valence-corrected chi connectivity index (χ4v) is 0.844. The third-order valence-corrected chi connectivity index (χ3v) is 1.52. The number of ether oxygens (including phenoxy) is 1. The van der Waals surface area contributed by atoms with E-state index in [1.807, 2.05) is 6.92 Å². The molecule has 0 N–H and O–H groups in total. The van der Waals surface area contributed by atoms with Crippen LogP contribution in [0.3, 0.4) is 0 Å². The van der Waals surface area contributed by atoms with Crippen molar-refractivity contribution in [3.8, 4) is 12.0 Å². The predicted octanol–water partition coefficient (Wildman–Crippen LogP) is 2.70. The van der Waals surface area contributed by atoms with Crippen molar-refractivity contribution in [2.24, 2.45) is 0 Å². The van der Waals surface area contributed by atoms with Crippen LogP contribution in [0.1, 0.15) is 18.9 Å². The summed E-state index contributed by atoms with van der Waals surface area (Å²) in [6.45, 7) is 2.42. The van der Waals surface area contributed by atoms with E-state index in [1.165, 1.54) is 12.1 Å². The van der Waals surface area contributed by atoms with Gasteiger partial charge in [0.05, 0.1) is 12.2 Å². The smallest absolute Gasteiger partial charge is 0.174 e. The van der Waals surface area contributed by atoms with Crippen molar-refractivity contribution in [3.63, 3.8) is 0 Å². The van der Waals surface area contributed by atoms with E-state index in [-0.39, 0.29) is 5.56 Å². The Kier molecular flexibility index (Phi) is 3.93. The van der Waals surface area contributed by atoms with Crippen LogP contribution in [0.5, 0.6) is 0 Å². The van der Waals surface area contributed by atoms with Crippen molar-refractivity contribution < 1.29 is 13.5 Å². The summed E-state index contributed by atoms with van der Waals surface area (Å²) >= 11 is 0. The van der Waals surface area contributed by atoms with Gasteiger partial charge in [-0.1, -0.05) is 13.0 Å². The summed E-state index contributed by atoms with van der Waals surface area (Å²) in [5.41, 5.74) is 0.0149. The van der Waals surface area contributed by atoms with Gasteiger partial charge in [0, 0.05) is 0 Å². The van der Waals surface area contributed by atoms with Gasteiger partial charge in [-0.25, -0.2) is 8.78 Å². The van der Waals surface area contributed by atoms with Crippen LogP contribution in [0.4, 0.5) is 8.78 Å². The van der Waals surface area contributed by atoms with E-state index in [1.54, 1.807) is 0 Å². The van der Waals surface area contributed by atoms with Crippen molar-refractivity contribution in [3.05, 3.63) is 35.4 Å². The lowest BCUT2D eigenvalue weighted by molar-refractivity contribution is 0.278. The first-order chi connectivity index (χ1) is 6.75. The highest BCUT2D eigenvalue weighted by molar-refractivity contribution is 5.34. The summed E-state index contributed by atoms with van der Waals surface area (Å²) in [4.78, 5) is 0. The van der Waals surface area contributed by atoms with Gasteiger partial charge in [-0.2, -0.15) is 0 Å². The van der Waals surface area contributed by atoms with Crippen LogP contribution in [0, 0.1) is 23.7 Å². The molecule has 0 saturated heterocycles. The number of benzene rings is 1. The van der Waals surface area contributed by atoms with Gasteiger partial charge in [-0.3, -0.25) is 0 Å². The second kappa shape index (κ2) is 5.23. The van der Waals surface area contributed by atoms with Gasteiger partial charge in [0.15, 0.2) is 11.6 Å². The molecule has 0 aromatic heterocycles. The standard InChI is InChI=1S/C11H10F2O/c1-2-7-14-8-6-9-4-3-5-10(12)11(9)13/h3-5H,2,7H2,1H3. The van der Waals surface area contributed by atoms with Crippen LogP contribution in [0.2, 0.25) is 0 Å². The number of hydrogen-bond acceptors (Lipinski definition) is 1. The summed E-state index contributed by atoms with van der Waals surface area (Å²) in [7, 11) is 0. The molecule has 74 valence electrons. The molecule has 0 bridgehead atoms. The van der Waals surface area contributed by atoms with Crippen LogP contribution in [-0.2, 0) is 4.74 Å². The topological polar surface area (TPSA) is 9.23 Å². The largest absolute Gasteiger partial charge is 0.446 e. The van der Waals surface area contributed by atoms with Gasteiger partial charge < -0.3 is 4.74 Å². The Morgan fingerprint density at radius 1 is 1.36 bits per heavy atom. The van der Waals surface area contributed by atoms with Crippen molar-refractivity contribution in [2.45, 2.75) is 13.3 Å². The molecule has 0 spiro atoms. The first-order valence-electron chi connectivity index (χ1n) is 4.32. The van der Waals surface area contributed by atoms with Crippen molar-refractivity contribution in [1.29, 1.82) is 0 Å². The molecular formula is C11H10F2O. The Bertz CT molecular complexity index is 363. The summed E-state index contributed by atoms with van der Waals surface area (Å²) < 4.78 is 30.5. The minimum atomic E-state index is -0.930. The Morgan fingerprint density at radius 2 is 2.14 bits per heavy atom. The molecule has 3 heteroatoms. The maximum atomic E-state index is 13.0. The zero-order valence-corrected chi connectivity index (χ0v) is 7.81. The second-order valence-electron chi connectivity index (χ2n) is 2.68. The van der Waals surface area contributed by atoms with Gasteiger partial charge in [-0.05, 0) is 24.5 Å². The zero-order chi connectivity index (χ0) is 10.4. The maximum Gasteiger partial charge on any atom is 0.174 e. The first kappa shape index (κ1) is 10.5. The fourth-order valence-electron chi connectivity index (χ4n) is 0.844. The van der Waals surface area contributed by atoms with E-state index in [2.05, 4.69) is 12.0 Å². The predicted molar refractivity (Wildman–Crippen MR) is 49.5 cm³/mol. The molecule has 0 unspecified atom stereocenters. The van der Waals surface area contributed by atoms with Crippen LogP contribution < -0.4 is 0 Å². The van der Waals surface area contributed by atoms with Crippen molar-refractivity contribution in [1.82, 2.24) is 0 Å². The maximum absolute atomic E-state index is 13.0. The van der Waals surface area contributed by atoms with Gasteiger partial charge >= 0.3 is 0 Å². The van der Waals surface area contributed by atoms with E-state index < -0.39 is 11.6 Å². The quantitative estimate of drug-likeness (QED) is 0.522. The molecular weight excluding hydrogens is 186 g/mol. The molecule has 0 atom stereocenters. The minimum Gasteiger partial charge on any atom is -0.446 e. The minimum absolute atomic E-state index is 0.0149. The average molecular weight is 196 g/mol. The van der Waals surface area contributed by atoms with Gasteiger partial charge in [0.1, 0.15) is 6.11 Å². The van der Waals surface area contributed by atoms with Gasteiger partial charge in [-0.15, -0.1) is 0 Å². The highest BCUT2D eigenvalue weighted by Gasteiger charge is 2.04. The third kappa shape index (κ3) is 2.74. The lowest BCUT2D eigenvalue weighted by Crippen LogP contribution is -1.89.